The number of benzene rings is 2. The van der Waals surface area contributed by atoms with Crippen LogP contribution in [-0.2, 0) is 0 Å². The Morgan fingerprint density at radius 1 is 1.07 bits per heavy atom. The molecule has 0 spiro atoms. The zero-order valence-corrected chi connectivity index (χ0v) is 17.3. The number of rotatable bonds is 4. The highest BCUT2D eigenvalue weighted by Crippen LogP contribution is 2.25. The Hall–Kier alpha value is -2.70. The molecule has 1 saturated heterocycles. The summed E-state index contributed by atoms with van der Waals surface area (Å²) in [6.45, 7) is 6.83. The van der Waals surface area contributed by atoms with Crippen molar-refractivity contribution in [2.45, 2.75) is 19.9 Å². The van der Waals surface area contributed by atoms with E-state index >= 15 is 0 Å². The Bertz CT molecular complexity index is 994. The van der Waals surface area contributed by atoms with Gasteiger partial charge in [0.15, 0.2) is 0 Å². The van der Waals surface area contributed by atoms with Crippen molar-refractivity contribution >= 4 is 17.5 Å². The van der Waals surface area contributed by atoms with E-state index in [0.717, 1.165) is 18.7 Å². The molecule has 1 aliphatic heterocycles. The second kappa shape index (κ2) is 8.35. The number of piperazine rings is 1. The molecule has 29 heavy (non-hydrogen) atoms. The fourth-order valence-electron chi connectivity index (χ4n) is 3.50. The number of hydrogen-bond acceptors (Lipinski definition) is 5. The Morgan fingerprint density at radius 3 is 2.45 bits per heavy atom. The summed E-state index contributed by atoms with van der Waals surface area (Å²) < 4.78 is 5.52. The summed E-state index contributed by atoms with van der Waals surface area (Å²) in [7, 11) is 0. The number of halogens is 1. The van der Waals surface area contributed by atoms with Crippen LogP contribution in [0.2, 0.25) is 5.02 Å². The molecule has 1 aromatic heterocycles. The summed E-state index contributed by atoms with van der Waals surface area (Å²) in [6.07, 6.45) is 0. The lowest BCUT2D eigenvalue weighted by atomic mass is 10.1. The first-order chi connectivity index (χ1) is 14.0. The predicted molar refractivity (Wildman–Crippen MR) is 112 cm³/mol. The smallest absolute Gasteiger partial charge is 0.255 e. The second-order valence-corrected chi connectivity index (χ2v) is 7.71. The van der Waals surface area contributed by atoms with Crippen molar-refractivity contribution in [3.8, 4) is 11.4 Å². The Kier molecular flexibility index (Phi) is 5.65. The first kappa shape index (κ1) is 19.6. The summed E-state index contributed by atoms with van der Waals surface area (Å²) in [4.78, 5) is 21.4. The number of aryl methyl sites for hydroxylation is 1. The molecule has 0 N–H and O–H groups in total. The second-order valence-electron chi connectivity index (χ2n) is 7.31. The van der Waals surface area contributed by atoms with E-state index in [9.17, 15) is 4.79 Å². The molecular formula is C22H23ClN4O2. The summed E-state index contributed by atoms with van der Waals surface area (Å²) in [5.74, 6) is 1.16. The van der Waals surface area contributed by atoms with Crippen LogP contribution in [0.15, 0.2) is 53.1 Å². The van der Waals surface area contributed by atoms with Gasteiger partial charge in [0, 0.05) is 31.7 Å². The number of carbonyl (C=O) groups is 1. The highest BCUT2D eigenvalue weighted by molar-refractivity contribution is 6.33. The van der Waals surface area contributed by atoms with Crippen LogP contribution in [-0.4, -0.2) is 52.0 Å². The molecular weight excluding hydrogens is 388 g/mol. The lowest BCUT2D eigenvalue weighted by Crippen LogP contribution is -2.49. The zero-order chi connectivity index (χ0) is 20.4. The minimum absolute atomic E-state index is 0.0146. The summed E-state index contributed by atoms with van der Waals surface area (Å²) in [5, 5.41) is 4.62. The molecule has 1 aliphatic rings. The van der Waals surface area contributed by atoms with Gasteiger partial charge in [-0.1, -0.05) is 58.7 Å². The molecule has 150 valence electrons. The molecule has 7 heteroatoms. The van der Waals surface area contributed by atoms with Crippen LogP contribution in [0.3, 0.4) is 0 Å². The minimum atomic E-state index is -0.0256. The molecule has 0 bridgehead atoms. The first-order valence-corrected chi connectivity index (χ1v) is 10.1. The lowest BCUT2D eigenvalue weighted by Gasteiger charge is -2.36. The molecule has 1 unspecified atom stereocenters. The van der Waals surface area contributed by atoms with Crippen molar-refractivity contribution in [1.82, 2.24) is 19.9 Å². The highest BCUT2D eigenvalue weighted by atomic mass is 35.5. The number of amides is 1. The minimum Gasteiger partial charge on any atom is -0.337 e. The number of hydrogen-bond donors (Lipinski definition) is 0. The molecule has 0 radical (unpaired) electrons. The van der Waals surface area contributed by atoms with Crippen molar-refractivity contribution in [3.63, 3.8) is 0 Å². The molecule has 1 fully saturated rings. The third-order valence-electron chi connectivity index (χ3n) is 5.36. The number of aromatic nitrogens is 2. The van der Waals surface area contributed by atoms with E-state index < -0.39 is 0 Å². The van der Waals surface area contributed by atoms with E-state index in [1.54, 1.807) is 12.1 Å². The van der Waals surface area contributed by atoms with E-state index in [2.05, 4.69) is 22.0 Å². The first-order valence-electron chi connectivity index (χ1n) is 9.71. The molecule has 0 saturated carbocycles. The Balaban J connectivity index is 1.39. The van der Waals surface area contributed by atoms with E-state index in [1.807, 2.05) is 48.2 Å². The molecule has 2 aromatic carbocycles. The van der Waals surface area contributed by atoms with E-state index in [0.29, 0.717) is 35.4 Å². The SMILES string of the molecule is Cc1ccc(-c2noc(C(C)N3CCN(C(=O)c4ccccc4Cl)CC3)n2)cc1. The van der Waals surface area contributed by atoms with Gasteiger partial charge in [-0.3, -0.25) is 9.69 Å². The van der Waals surface area contributed by atoms with Crippen molar-refractivity contribution in [1.29, 1.82) is 0 Å². The van der Waals surface area contributed by atoms with Crippen LogP contribution in [0.4, 0.5) is 0 Å². The fourth-order valence-corrected chi connectivity index (χ4v) is 3.71. The zero-order valence-electron chi connectivity index (χ0n) is 16.5. The maximum Gasteiger partial charge on any atom is 0.255 e. The van der Waals surface area contributed by atoms with Gasteiger partial charge in [0.2, 0.25) is 11.7 Å². The third-order valence-corrected chi connectivity index (χ3v) is 5.69. The van der Waals surface area contributed by atoms with Crippen molar-refractivity contribution < 1.29 is 9.32 Å². The third kappa shape index (κ3) is 4.18. The van der Waals surface area contributed by atoms with Gasteiger partial charge >= 0.3 is 0 Å². The molecule has 1 atom stereocenters. The van der Waals surface area contributed by atoms with Crippen molar-refractivity contribution in [2.24, 2.45) is 0 Å². The van der Waals surface area contributed by atoms with Crippen LogP contribution in [0.25, 0.3) is 11.4 Å². The van der Waals surface area contributed by atoms with Gasteiger partial charge in [-0.15, -0.1) is 0 Å². The van der Waals surface area contributed by atoms with Gasteiger partial charge in [-0.05, 0) is 26.0 Å². The Labute approximate surface area is 175 Å². The predicted octanol–water partition coefficient (Wildman–Crippen LogP) is 4.22. The van der Waals surface area contributed by atoms with Gasteiger partial charge in [0.05, 0.1) is 16.6 Å². The molecule has 6 nitrogen and oxygen atoms in total. The summed E-state index contributed by atoms with van der Waals surface area (Å²) in [5.41, 5.74) is 2.68. The molecule has 2 heterocycles. The standard InChI is InChI=1S/C22H23ClN4O2/c1-15-7-9-17(10-8-15)20-24-21(29-25-20)16(2)26-11-13-27(14-12-26)22(28)18-5-3-4-6-19(18)23/h3-10,16H,11-14H2,1-2H3. The number of carbonyl (C=O) groups excluding carboxylic acids is 1. The van der Waals surface area contributed by atoms with E-state index in [4.69, 9.17) is 16.1 Å². The normalized spacial score (nSPS) is 16.0. The van der Waals surface area contributed by atoms with E-state index in [-0.39, 0.29) is 11.9 Å². The van der Waals surface area contributed by atoms with Crippen LogP contribution >= 0.6 is 11.6 Å². The van der Waals surface area contributed by atoms with E-state index in [1.165, 1.54) is 5.56 Å². The molecule has 3 aromatic rings. The van der Waals surface area contributed by atoms with Gasteiger partial charge in [0.1, 0.15) is 0 Å². The average molecular weight is 411 g/mol. The van der Waals surface area contributed by atoms with Crippen LogP contribution in [0.5, 0.6) is 0 Å². The molecule has 4 rings (SSSR count). The monoisotopic (exact) mass is 410 g/mol. The maximum atomic E-state index is 12.7. The molecule has 0 aliphatic carbocycles. The maximum absolute atomic E-state index is 12.7. The van der Waals surface area contributed by atoms with Crippen molar-refractivity contribution in [2.75, 3.05) is 26.2 Å². The lowest BCUT2D eigenvalue weighted by molar-refractivity contribution is 0.0552. The highest BCUT2D eigenvalue weighted by Gasteiger charge is 2.28. The van der Waals surface area contributed by atoms with Gasteiger partial charge in [-0.2, -0.15) is 4.98 Å². The van der Waals surface area contributed by atoms with Crippen LogP contribution in [0.1, 0.15) is 34.8 Å². The van der Waals surface area contributed by atoms with Crippen molar-refractivity contribution in [3.05, 3.63) is 70.6 Å². The fraction of sp³-hybridized carbons (Fsp3) is 0.318. The Morgan fingerprint density at radius 2 is 1.76 bits per heavy atom. The van der Waals surface area contributed by atoms with Gasteiger partial charge in [0.25, 0.3) is 5.91 Å². The summed E-state index contributed by atoms with van der Waals surface area (Å²) >= 11 is 6.17. The van der Waals surface area contributed by atoms with Gasteiger partial charge in [-0.25, -0.2) is 0 Å². The topological polar surface area (TPSA) is 62.5 Å². The van der Waals surface area contributed by atoms with Crippen LogP contribution in [0, 0.1) is 6.92 Å². The van der Waals surface area contributed by atoms with Gasteiger partial charge < -0.3 is 9.42 Å². The largest absolute Gasteiger partial charge is 0.337 e. The average Bonchev–Trinajstić information content (AvgIpc) is 3.24. The number of nitrogens with zero attached hydrogens (tertiary/aromatic N) is 4. The summed E-state index contributed by atoms with van der Waals surface area (Å²) in [6, 6.07) is 15.2. The molecule has 1 amide bonds. The van der Waals surface area contributed by atoms with Crippen LogP contribution < -0.4 is 0 Å². The quantitative estimate of drug-likeness (QED) is 0.644.